The normalized spacial score (nSPS) is 17.1. The van der Waals surface area contributed by atoms with Crippen molar-refractivity contribution in [2.75, 3.05) is 23.9 Å². The fourth-order valence-corrected chi connectivity index (χ4v) is 3.25. The molecule has 142 valence electrons. The van der Waals surface area contributed by atoms with Crippen molar-refractivity contribution in [3.05, 3.63) is 54.1 Å². The molecule has 0 bridgehead atoms. The number of para-hydroxylation sites is 1. The van der Waals surface area contributed by atoms with Crippen LogP contribution in [0.4, 0.5) is 11.4 Å². The molecule has 1 atom stereocenters. The van der Waals surface area contributed by atoms with Gasteiger partial charge in [0.15, 0.2) is 0 Å². The van der Waals surface area contributed by atoms with Crippen molar-refractivity contribution < 1.29 is 14.3 Å². The molecule has 0 saturated carbocycles. The van der Waals surface area contributed by atoms with Crippen molar-refractivity contribution in [1.29, 1.82) is 0 Å². The van der Waals surface area contributed by atoms with Gasteiger partial charge in [0, 0.05) is 18.7 Å². The van der Waals surface area contributed by atoms with E-state index < -0.39 is 0 Å². The highest BCUT2D eigenvalue weighted by Gasteiger charge is 2.35. The summed E-state index contributed by atoms with van der Waals surface area (Å²) in [5, 5.41) is 2.97. The second-order valence-electron chi connectivity index (χ2n) is 7.90. The summed E-state index contributed by atoms with van der Waals surface area (Å²) in [6, 6.07) is 15.3. The van der Waals surface area contributed by atoms with Gasteiger partial charge in [-0.05, 0) is 35.2 Å². The van der Waals surface area contributed by atoms with Crippen LogP contribution >= 0.6 is 0 Å². The Morgan fingerprint density at radius 3 is 2.48 bits per heavy atom. The average Bonchev–Trinajstić information content (AvgIpc) is 3.03. The molecule has 0 unspecified atom stereocenters. The number of amides is 2. The minimum absolute atomic E-state index is 0.0308. The van der Waals surface area contributed by atoms with Crippen molar-refractivity contribution in [2.45, 2.75) is 32.6 Å². The van der Waals surface area contributed by atoms with Crippen LogP contribution in [0.15, 0.2) is 48.5 Å². The second-order valence-corrected chi connectivity index (χ2v) is 7.90. The van der Waals surface area contributed by atoms with E-state index in [1.165, 1.54) is 0 Å². The lowest BCUT2D eigenvalue weighted by atomic mass is 9.86. The Balaban J connectivity index is 1.77. The summed E-state index contributed by atoms with van der Waals surface area (Å²) < 4.78 is 5.40. The summed E-state index contributed by atoms with van der Waals surface area (Å²) in [6.45, 7) is 6.74. The van der Waals surface area contributed by atoms with Crippen molar-refractivity contribution in [2.24, 2.45) is 5.92 Å². The largest absolute Gasteiger partial charge is 0.495 e. The molecule has 5 heteroatoms. The molecule has 1 saturated heterocycles. The first-order valence-electron chi connectivity index (χ1n) is 9.14. The molecule has 1 heterocycles. The van der Waals surface area contributed by atoms with E-state index in [2.05, 4.69) is 26.1 Å². The van der Waals surface area contributed by atoms with Gasteiger partial charge >= 0.3 is 0 Å². The topological polar surface area (TPSA) is 58.6 Å². The van der Waals surface area contributed by atoms with E-state index in [0.29, 0.717) is 18.0 Å². The lowest BCUT2D eigenvalue weighted by Crippen LogP contribution is -2.28. The number of carbonyl (C=O) groups excluding carboxylic acids is 2. The fourth-order valence-electron chi connectivity index (χ4n) is 3.25. The summed E-state index contributed by atoms with van der Waals surface area (Å²) in [5.41, 5.74) is 2.52. The van der Waals surface area contributed by atoms with Crippen LogP contribution in [-0.4, -0.2) is 25.5 Å². The lowest BCUT2D eigenvalue weighted by Gasteiger charge is -2.22. The van der Waals surface area contributed by atoms with Gasteiger partial charge in [-0.2, -0.15) is 0 Å². The first kappa shape index (κ1) is 19.0. The van der Waals surface area contributed by atoms with E-state index in [9.17, 15) is 9.59 Å². The molecule has 1 fully saturated rings. The van der Waals surface area contributed by atoms with Gasteiger partial charge in [0.25, 0.3) is 0 Å². The first-order valence-corrected chi connectivity index (χ1v) is 9.14. The highest BCUT2D eigenvalue weighted by molar-refractivity contribution is 6.03. The molecule has 1 aliphatic rings. The maximum absolute atomic E-state index is 12.8. The highest BCUT2D eigenvalue weighted by Crippen LogP contribution is 2.32. The molecule has 2 aromatic carbocycles. The van der Waals surface area contributed by atoms with Crippen LogP contribution in [0.1, 0.15) is 32.8 Å². The first-order chi connectivity index (χ1) is 12.8. The summed E-state index contributed by atoms with van der Waals surface area (Å²) in [6.07, 6.45) is 0.210. The summed E-state index contributed by atoms with van der Waals surface area (Å²) in [7, 11) is 1.58. The zero-order chi connectivity index (χ0) is 19.6. The number of rotatable bonds is 4. The lowest BCUT2D eigenvalue weighted by molar-refractivity contribution is -0.122. The van der Waals surface area contributed by atoms with Crippen molar-refractivity contribution >= 4 is 23.2 Å². The van der Waals surface area contributed by atoms with Crippen molar-refractivity contribution in [3.63, 3.8) is 0 Å². The zero-order valence-electron chi connectivity index (χ0n) is 16.3. The molecule has 0 spiro atoms. The molecule has 3 rings (SSSR count). The van der Waals surface area contributed by atoms with Gasteiger partial charge in [0.2, 0.25) is 11.8 Å². The molecule has 1 N–H and O–H groups in total. The highest BCUT2D eigenvalue weighted by atomic mass is 16.5. The summed E-state index contributed by atoms with van der Waals surface area (Å²) in [4.78, 5) is 26.9. The van der Waals surface area contributed by atoms with Crippen molar-refractivity contribution in [3.8, 4) is 5.75 Å². The number of anilines is 2. The number of hydrogen-bond acceptors (Lipinski definition) is 3. The van der Waals surface area contributed by atoms with Crippen LogP contribution in [0.3, 0.4) is 0 Å². The van der Waals surface area contributed by atoms with E-state index in [4.69, 9.17) is 4.74 Å². The van der Waals surface area contributed by atoms with Crippen molar-refractivity contribution in [1.82, 2.24) is 0 Å². The van der Waals surface area contributed by atoms with E-state index in [1.54, 1.807) is 12.0 Å². The minimum Gasteiger partial charge on any atom is -0.495 e. The van der Waals surface area contributed by atoms with E-state index in [1.807, 2.05) is 48.5 Å². The molecule has 5 nitrogen and oxygen atoms in total. The third-order valence-electron chi connectivity index (χ3n) is 4.89. The second kappa shape index (κ2) is 7.43. The number of nitrogens with zero attached hydrogens (tertiary/aromatic N) is 1. The van der Waals surface area contributed by atoms with Crippen LogP contribution in [0.5, 0.6) is 5.75 Å². The Bertz CT molecular complexity index is 840. The zero-order valence-corrected chi connectivity index (χ0v) is 16.3. The maximum Gasteiger partial charge on any atom is 0.229 e. The maximum atomic E-state index is 12.8. The van der Waals surface area contributed by atoms with Crippen LogP contribution in [0.25, 0.3) is 0 Å². The van der Waals surface area contributed by atoms with Gasteiger partial charge in [0.1, 0.15) is 5.75 Å². The minimum atomic E-state index is -0.388. The number of ether oxygens (including phenoxy) is 1. The molecule has 0 aliphatic carbocycles. The molecule has 0 aromatic heterocycles. The van der Waals surface area contributed by atoms with Crippen LogP contribution < -0.4 is 15.0 Å². The summed E-state index contributed by atoms with van der Waals surface area (Å²) >= 11 is 0. The average molecular weight is 366 g/mol. The Morgan fingerprint density at radius 2 is 1.85 bits per heavy atom. The van der Waals surface area contributed by atoms with Gasteiger partial charge in [-0.25, -0.2) is 0 Å². The van der Waals surface area contributed by atoms with Gasteiger partial charge < -0.3 is 15.0 Å². The number of methoxy groups -OCH3 is 1. The quantitative estimate of drug-likeness (QED) is 0.890. The molecule has 2 amide bonds. The Hall–Kier alpha value is -2.82. The Morgan fingerprint density at radius 1 is 1.15 bits per heavy atom. The number of carbonyl (C=O) groups is 2. The molecule has 27 heavy (non-hydrogen) atoms. The Labute approximate surface area is 160 Å². The van der Waals surface area contributed by atoms with Gasteiger partial charge in [0.05, 0.1) is 18.7 Å². The predicted octanol–water partition coefficient (Wildman–Crippen LogP) is 3.98. The van der Waals surface area contributed by atoms with Crippen LogP contribution in [0, 0.1) is 5.92 Å². The van der Waals surface area contributed by atoms with E-state index in [0.717, 1.165) is 11.3 Å². The molecular weight excluding hydrogens is 340 g/mol. The standard InChI is InChI=1S/C22H26N2O3/c1-22(2,3)16-10-11-19(27-4)18(13-16)23-21(26)15-12-20(25)24(14-15)17-8-6-5-7-9-17/h5-11,13,15H,12,14H2,1-4H3,(H,23,26)/t15-/m1/s1. The van der Waals surface area contributed by atoms with Gasteiger partial charge in [-0.1, -0.05) is 45.0 Å². The van der Waals surface area contributed by atoms with Gasteiger partial charge in [-0.15, -0.1) is 0 Å². The molecular formula is C22H26N2O3. The fraction of sp³-hybridized carbons (Fsp3) is 0.364. The van der Waals surface area contributed by atoms with Gasteiger partial charge in [-0.3, -0.25) is 9.59 Å². The third kappa shape index (κ3) is 4.13. The van der Waals surface area contributed by atoms with Crippen LogP contribution in [0.2, 0.25) is 0 Å². The number of hydrogen-bond donors (Lipinski definition) is 1. The van der Waals surface area contributed by atoms with E-state index in [-0.39, 0.29) is 29.6 Å². The summed E-state index contributed by atoms with van der Waals surface area (Å²) in [5.74, 6) is 0.0317. The van der Waals surface area contributed by atoms with E-state index >= 15 is 0 Å². The monoisotopic (exact) mass is 366 g/mol. The SMILES string of the molecule is COc1ccc(C(C)(C)C)cc1NC(=O)[C@@H]1CC(=O)N(c2ccccc2)C1. The number of benzene rings is 2. The van der Waals surface area contributed by atoms with Crippen LogP contribution in [-0.2, 0) is 15.0 Å². The molecule has 2 aromatic rings. The molecule has 1 aliphatic heterocycles. The smallest absolute Gasteiger partial charge is 0.229 e. The predicted molar refractivity (Wildman–Crippen MR) is 107 cm³/mol. The molecule has 0 radical (unpaired) electrons. The third-order valence-corrected chi connectivity index (χ3v) is 4.89. The Kier molecular flexibility index (Phi) is 5.22. The number of nitrogens with one attached hydrogen (secondary N) is 1.